The van der Waals surface area contributed by atoms with Crippen molar-refractivity contribution in [1.29, 1.82) is 0 Å². The van der Waals surface area contributed by atoms with Crippen LogP contribution in [0.4, 0.5) is 25.1 Å². The van der Waals surface area contributed by atoms with Crippen LogP contribution in [0.3, 0.4) is 0 Å². The van der Waals surface area contributed by atoms with Crippen molar-refractivity contribution < 1.29 is 18.3 Å². The number of halogens is 2. The number of hydrogen-bond donors (Lipinski definition) is 1. The minimum atomic E-state index is -2.64. The quantitative estimate of drug-likeness (QED) is 0.593. The summed E-state index contributed by atoms with van der Waals surface area (Å²) in [6.07, 6.45) is 3.90. The molecule has 1 fully saturated rings. The van der Waals surface area contributed by atoms with Gasteiger partial charge in [0.2, 0.25) is 0 Å². The van der Waals surface area contributed by atoms with Crippen molar-refractivity contribution in [1.82, 2.24) is 24.5 Å². The second kappa shape index (κ2) is 8.88. The topological polar surface area (TPSA) is 94.4 Å². The third-order valence-corrected chi connectivity index (χ3v) is 7.50. The van der Waals surface area contributed by atoms with Gasteiger partial charge in [-0.05, 0) is 42.5 Å². The van der Waals surface area contributed by atoms with Crippen LogP contribution in [0.25, 0.3) is 11.1 Å². The van der Waals surface area contributed by atoms with Gasteiger partial charge in [-0.3, -0.25) is 9.36 Å². The number of amides is 2. The normalized spacial score (nSPS) is 19.6. The molecule has 1 aromatic carbocycles. The molecule has 2 N–H and O–H groups in total. The lowest BCUT2D eigenvalue weighted by molar-refractivity contribution is 0.152. The monoisotopic (exact) mass is 497 g/mol. The Labute approximate surface area is 207 Å². The molecule has 6 rings (SSSR count). The van der Waals surface area contributed by atoms with Crippen LogP contribution in [0.1, 0.15) is 47.7 Å². The van der Waals surface area contributed by atoms with Gasteiger partial charge in [0, 0.05) is 67.4 Å². The lowest BCUT2D eigenvalue weighted by atomic mass is 9.92. The van der Waals surface area contributed by atoms with Gasteiger partial charge in [0.15, 0.2) is 5.82 Å². The molecule has 11 heteroatoms. The molecule has 1 saturated heterocycles. The minimum absolute atomic E-state index is 0.0232. The van der Waals surface area contributed by atoms with Crippen molar-refractivity contribution in [3.05, 3.63) is 46.9 Å². The molecule has 3 aromatic rings. The molecule has 1 atom stereocenters. The van der Waals surface area contributed by atoms with E-state index in [1.807, 2.05) is 15.6 Å². The number of carbonyl (C=O) groups is 1. The van der Waals surface area contributed by atoms with Gasteiger partial charge in [0.05, 0.1) is 25.4 Å². The fourth-order valence-electron chi connectivity index (χ4n) is 5.71. The largest absolute Gasteiger partial charge is 0.379 e. The van der Waals surface area contributed by atoms with Crippen molar-refractivity contribution in [2.45, 2.75) is 44.7 Å². The lowest BCUT2D eigenvalue weighted by Gasteiger charge is -2.33. The second-order valence-electron chi connectivity index (χ2n) is 9.75. The summed E-state index contributed by atoms with van der Waals surface area (Å²) in [6.45, 7) is 2.82. The smallest absolute Gasteiger partial charge is 0.315 e. The van der Waals surface area contributed by atoms with Crippen molar-refractivity contribution in [2.24, 2.45) is 12.8 Å². The molecule has 2 aromatic heterocycles. The van der Waals surface area contributed by atoms with Crippen LogP contribution in [0.5, 0.6) is 0 Å². The molecule has 3 aliphatic rings. The van der Waals surface area contributed by atoms with Gasteiger partial charge < -0.3 is 20.3 Å². The summed E-state index contributed by atoms with van der Waals surface area (Å²) in [5.41, 5.74) is 10.5. The Bertz CT molecular complexity index is 1310. The average Bonchev–Trinajstić information content (AvgIpc) is 3.62. The van der Waals surface area contributed by atoms with E-state index in [9.17, 15) is 13.6 Å². The molecule has 9 nitrogen and oxygen atoms in total. The number of ether oxygens (including phenoxy) is 1. The Kier molecular flexibility index (Phi) is 5.66. The number of nitrogens with two attached hydrogens (primary N) is 1. The van der Waals surface area contributed by atoms with E-state index < -0.39 is 12.5 Å². The predicted octanol–water partition coefficient (Wildman–Crippen LogP) is 3.70. The Morgan fingerprint density at radius 3 is 2.81 bits per heavy atom. The molecular formula is C25H29F2N7O2. The van der Waals surface area contributed by atoms with E-state index in [1.165, 1.54) is 0 Å². The van der Waals surface area contributed by atoms with Crippen molar-refractivity contribution in [3.8, 4) is 11.1 Å². The number of hydrogen-bond acceptors (Lipinski definition) is 5. The molecule has 0 saturated carbocycles. The predicted molar refractivity (Wildman–Crippen MR) is 129 cm³/mol. The first kappa shape index (κ1) is 23.0. The number of nitrogens with zero attached hydrogens (tertiary/aromatic N) is 6. The summed E-state index contributed by atoms with van der Waals surface area (Å²) in [5, 5.41) is 9.21. The maximum absolute atomic E-state index is 14.3. The number of rotatable bonds is 4. The average molecular weight is 498 g/mol. The molecular weight excluding hydrogens is 468 g/mol. The number of benzene rings is 1. The van der Waals surface area contributed by atoms with E-state index in [0.29, 0.717) is 50.4 Å². The van der Waals surface area contributed by atoms with Gasteiger partial charge in [-0.1, -0.05) is 0 Å². The number of aryl methyl sites for hydroxylation is 2. The fraction of sp³-hybridized carbons (Fsp3) is 0.480. The number of primary amides is 1. The lowest BCUT2D eigenvalue weighted by Crippen LogP contribution is -2.40. The first-order valence-corrected chi connectivity index (χ1v) is 12.3. The Morgan fingerprint density at radius 2 is 2.11 bits per heavy atom. The van der Waals surface area contributed by atoms with E-state index in [2.05, 4.69) is 5.10 Å². The van der Waals surface area contributed by atoms with Gasteiger partial charge in [-0.25, -0.2) is 13.6 Å². The fourth-order valence-corrected chi connectivity index (χ4v) is 5.71. The number of urea groups is 1. The van der Waals surface area contributed by atoms with Crippen LogP contribution in [0, 0.1) is 0 Å². The minimum Gasteiger partial charge on any atom is -0.379 e. The molecule has 36 heavy (non-hydrogen) atoms. The van der Waals surface area contributed by atoms with Crippen molar-refractivity contribution in [2.75, 3.05) is 31.2 Å². The van der Waals surface area contributed by atoms with Crippen LogP contribution >= 0.6 is 0 Å². The molecule has 190 valence electrons. The molecule has 0 spiro atoms. The molecule has 5 heterocycles. The SMILES string of the molecule is Cn1cc(-c2cc3c(cc2C(F)F)N(c2nn([C@H]4CCOC4)c4c2CN(C(N)=O)CC4)CCC3)cn1. The zero-order valence-electron chi connectivity index (χ0n) is 20.2. The molecule has 0 bridgehead atoms. The van der Waals surface area contributed by atoms with E-state index in [-0.39, 0.29) is 11.6 Å². The zero-order chi connectivity index (χ0) is 25.0. The summed E-state index contributed by atoms with van der Waals surface area (Å²) >= 11 is 0. The van der Waals surface area contributed by atoms with Crippen LogP contribution in [0.2, 0.25) is 0 Å². The van der Waals surface area contributed by atoms with E-state index in [1.54, 1.807) is 35.1 Å². The third kappa shape index (κ3) is 3.82. The van der Waals surface area contributed by atoms with Crippen LogP contribution in [-0.2, 0) is 31.2 Å². The summed E-state index contributed by atoms with van der Waals surface area (Å²) in [5.74, 6) is 0.721. The van der Waals surface area contributed by atoms with Crippen LogP contribution < -0.4 is 10.6 Å². The molecule has 2 amide bonds. The van der Waals surface area contributed by atoms with Gasteiger partial charge in [0.25, 0.3) is 6.43 Å². The molecule has 0 radical (unpaired) electrons. The number of alkyl halides is 2. The summed E-state index contributed by atoms with van der Waals surface area (Å²) < 4.78 is 37.9. The van der Waals surface area contributed by atoms with Crippen LogP contribution in [0.15, 0.2) is 24.5 Å². The van der Waals surface area contributed by atoms with E-state index in [4.69, 9.17) is 15.6 Å². The van der Waals surface area contributed by atoms with Crippen molar-refractivity contribution in [3.63, 3.8) is 0 Å². The Morgan fingerprint density at radius 1 is 1.25 bits per heavy atom. The van der Waals surface area contributed by atoms with Gasteiger partial charge in [-0.15, -0.1) is 0 Å². The van der Waals surface area contributed by atoms with Gasteiger partial charge in [-0.2, -0.15) is 10.2 Å². The molecule has 0 unspecified atom stereocenters. The molecule has 3 aliphatic heterocycles. The maximum Gasteiger partial charge on any atom is 0.315 e. The highest BCUT2D eigenvalue weighted by Crippen LogP contribution is 2.43. The van der Waals surface area contributed by atoms with Gasteiger partial charge >= 0.3 is 6.03 Å². The van der Waals surface area contributed by atoms with Crippen molar-refractivity contribution >= 4 is 17.5 Å². The maximum atomic E-state index is 14.3. The Balaban J connectivity index is 1.48. The Hall–Kier alpha value is -3.47. The first-order valence-electron chi connectivity index (χ1n) is 12.3. The van der Waals surface area contributed by atoms with E-state index in [0.717, 1.165) is 47.6 Å². The first-order chi connectivity index (χ1) is 17.4. The number of carbonyl (C=O) groups excluding carboxylic acids is 1. The van der Waals surface area contributed by atoms with Crippen LogP contribution in [-0.4, -0.2) is 56.8 Å². The number of fused-ring (bicyclic) bond motifs is 2. The summed E-state index contributed by atoms with van der Waals surface area (Å²) in [6, 6.07) is 3.15. The van der Waals surface area contributed by atoms with Gasteiger partial charge in [0.1, 0.15) is 0 Å². The highest BCUT2D eigenvalue weighted by Gasteiger charge is 2.34. The van der Waals surface area contributed by atoms with E-state index >= 15 is 0 Å². The zero-order valence-corrected chi connectivity index (χ0v) is 20.2. The second-order valence-corrected chi connectivity index (χ2v) is 9.75. The number of aromatic nitrogens is 4. The highest BCUT2D eigenvalue weighted by atomic mass is 19.3. The third-order valence-electron chi connectivity index (χ3n) is 7.50. The standard InChI is InChI=1S/C25H29F2N7O2/c1-31-12-16(11-29-31)18-9-15-3-2-6-33(22(15)10-19(18)23(26)27)24-20-13-32(25(28)35)7-4-21(20)34(30-24)17-5-8-36-14-17/h9-12,17,23H,2-8,13-14H2,1H3,(H2,28,35)/t17-/m0/s1. The molecule has 0 aliphatic carbocycles. The highest BCUT2D eigenvalue weighted by molar-refractivity contribution is 5.77. The number of anilines is 2. The summed E-state index contributed by atoms with van der Waals surface area (Å²) in [7, 11) is 1.77. The summed E-state index contributed by atoms with van der Waals surface area (Å²) in [4.78, 5) is 15.7.